The highest BCUT2D eigenvalue weighted by Crippen LogP contribution is 2.21. The van der Waals surface area contributed by atoms with Crippen molar-refractivity contribution in [2.75, 3.05) is 17.2 Å². The van der Waals surface area contributed by atoms with Gasteiger partial charge >= 0.3 is 0 Å². The lowest BCUT2D eigenvalue weighted by Crippen LogP contribution is -2.27. The van der Waals surface area contributed by atoms with Crippen LogP contribution in [0.4, 0.5) is 11.4 Å². The largest absolute Gasteiger partial charge is 0.483 e. The molecule has 0 aliphatic carbocycles. The van der Waals surface area contributed by atoms with Gasteiger partial charge in [-0.1, -0.05) is 44.5 Å². The third-order valence-corrected chi connectivity index (χ3v) is 3.77. The molecule has 0 radical (unpaired) electrons. The minimum Gasteiger partial charge on any atom is -0.483 e. The Morgan fingerprint density at radius 2 is 1.62 bits per heavy atom. The van der Waals surface area contributed by atoms with Crippen LogP contribution in [0.15, 0.2) is 42.5 Å². The molecule has 2 aromatic rings. The van der Waals surface area contributed by atoms with Gasteiger partial charge < -0.3 is 15.4 Å². The van der Waals surface area contributed by atoms with Gasteiger partial charge in [0.2, 0.25) is 5.91 Å². The van der Waals surface area contributed by atoms with Crippen LogP contribution in [0.25, 0.3) is 0 Å². The lowest BCUT2D eigenvalue weighted by atomic mass is 9.95. The van der Waals surface area contributed by atoms with E-state index in [4.69, 9.17) is 4.74 Å². The maximum Gasteiger partial charge on any atom is 0.262 e. The van der Waals surface area contributed by atoms with Gasteiger partial charge in [0.15, 0.2) is 6.61 Å². The van der Waals surface area contributed by atoms with E-state index in [0.717, 1.165) is 11.1 Å². The minimum atomic E-state index is -0.487. The Bertz CT molecular complexity index is 807. The Balaban J connectivity index is 1.94. The van der Waals surface area contributed by atoms with E-state index in [0.29, 0.717) is 17.1 Å². The van der Waals surface area contributed by atoms with Crippen LogP contribution in [0.5, 0.6) is 5.75 Å². The molecular weight excluding hydrogens is 328 g/mol. The first-order valence-corrected chi connectivity index (χ1v) is 8.56. The quantitative estimate of drug-likeness (QED) is 0.841. The van der Waals surface area contributed by atoms with Crippen LogP contribution in [-0.2, 0) is 9.59 Å². The van der Waals surface area contributed by atoms with Crippen molar-refractivity contribution < 1.29 is 14.3 Å². The molecule has 2 rings (SSSR count). The van der Waals surface area contributed by atoms with Crippen LogP contribution < -0.4 is 15.4 Å². The number of benzene rings is 2. The first-order chi connectivity index (χ1) is 12.1. The van der Waals surface area contributed by atoms with E-state index in [-0.39, 0.29) is 18.4 Å². The van der Waals surface area contributed by atoms with Crippen molar-refractivity contribution in [3.8, 4) is 5.75 Å². The molecule has 5 heteroatoms. The molecule has 0 aromatic heterocycles. The number of nitrogens with one attached hydrogen (secondary N) is 2. The van der Waals surface area contributed by atoms with Crippen molar-refractivity contribution in [1.82, 2.24) is 0 Å². The van der Waals surface area contributed by atoms with Gasteiger partial charge in [-0.05, 0) is 43.7 Å². The molecule has 0 heterocycles. The normalized spacial score (nSPS) is 11.0. The molecule has 0 fully saturated rings. The van der Waals surface area contributed by atoms with E-state index in [2.05, 4.69) is 10.6 Å². The zero-order chi connectivity index (χ0) is 19.3. The average Bonchev–Trinajstić information content (AvgIpc) is 2.53. The zero-order valence-electron chi connectivity index (χ0n) is 16.0. The second kappa shape index (κ2) is 8.04. The lowest BCUT2D eigenvalue weighted by Gasteiger charge is -2.18. The second-order valence-corrected chi connectivity index (χ2v) is 7.39. The second-order valence-electron chi connectivity index (χ2n) is 7.39. The summed E-state index contributed by atoms with van der Waals surface area (Å²) >= 11 is 0. The lowest BCUT2D eigenvalue weighted by molar-refractivity contribution is -0.123. The highest BCUT2D eigenvalue weighted by atomic mass is 16.5. The van der Waals surface area contributed by atoms with Crippen molar-refractivity contribution in [3.05, 3.63) is 53.6 Å². The predicted octanol–water partition coefficient (Wildman–Crippen LogP) is 4.31. The van der Waals surface area contributed by atoms with E-state index >= 15 is 0 Å². The van der Waals surface area contributed by atoms with Crippen LogP contribution in [0.2, 0.25) is 0 Å². The van der Waals surface area contributed by atoms with Crippen LogP contribution in [0.1, 0.15) is 31.9 Å². The highest BCUT2D eigenvalue weighted by Gasteiger charge is 2.21. The van der Waals surface area contributed by atoms with E-state index in [1.54, 1.807) is 24.3 Å². The summed E-state index contributed by atoms with van der Waals surface area (Å²) in [6.07, 6.45) is 0. The maximum atomic E-state index is 12.1. The van der Waals surface area contributed by atoms with Crippen LogP contribution >= 0.6 is 0 Å². The number of carbonyl (C=O) groups is 2. The van der Waals surface area contributed by atoms with Crippen molar-refractivity contribution in [3.63, 3.8) is 0 Å². The molecular formula is C21H26N2O3. The molecule has 0 saturated heterocycles. The molecule has 0 atom stereocenters. The Kier molecular flexibility index (Phi) is 6.03. The van der Waals surface area contributed by atoms with Gasteiger partial charge in [-0.25, -0.2) is 0 Å². The molecule has 0 spiro atoms. The zero-order valence-corrected chi connectivity index (χ0v) is 16.0. The molecule has 0 unspecified atom stereocenters. The number of aryl methyl sites for hydroxylation is 2. The number of ether oxygens (including phenoxy) is 1. The summed E-state index contributed by atoms with van der Waals surface area (Å²) in [4.78, 5) is 24.2. The SMILES string of the molecule is Cc1ccc(OCC(=O)Nc2cccc(NC(=O)C(C)(C)C)c2)c(C)c1. The van der Waals surface area contributed by atoms with Gasteiger partial charge in [-0.2, -0.15) is 0 Å². The number of carbonyl (C=O) groups excluding carboxylic acids is 2. The first-order valence-electron chi connectivity index (χ1n) is 8.56. The number of hydrogen-bond acceptors (Lipinski definition) is 3. The summed E-state index contributed by atoms with van der Waals surface area (Å²) in [5, 5.41) is 5.62. The Hall–Kier alpha value is -2.82. The number of amides is 2. The molecule has 0 saturated carbocycles. The van der Waals surface area contributed by atoms with Gasteiger partial charge in [-0.15, -0.1) is 0 Å². The summed E-state index contributed by atoms with van der Waals surface area (Å²) in [5.74, 6) is 0.348. The van der Waals surface area contributed by atoms with E-state index in [1.807, 2.05) is 52.8 Å². The van der Waals surface area contributed by atoms with E-state index in [9.17, 15) is 9.59 Å². The molecule has 2 aromatic carbocycles. The molecule has 0 aliphatic heterocycles. The number of rotatable bonds is 5. The van der Waals surface area contributed by atoms with Crippen molar-refractivity contribution in [2.24, 2.45) is 5.41 Å². The Morgan fingerprint density at radius 1 is 0.962 bits per heavy atom. The van der Waals surface area contributed by atoms with Gasteiger partial charge in [0, 0.05) is 16.8 Å². The fourth-order valence-electron chi connectivity index (χ4n) is 2.29. The fourth-order valence-corrected chi connectivity index (χ4v) is 2.29. The minimum absolute atomic E-state index is 0.0809. The van der Waals surface area contributed by atoms with Crippen LogP contribution in [-0.4, -0.2) is 18.4 Å². The first kappa shape index (κ1) is 19.5. The molecule has 26 heavy (non-hydrogen) atoms. The third-order valence-electron chi connectivity index (χ3n) is 3.77. The maximum absolute atomic E-state index is 12.1. The summed E-state index contributed by atoms with van der Waals surface area (Å²) in [6.45, 7) is 9.41. The topological polar surface area (TPSA) is 67.4 Å². The van der Waals surface area contributed by atoms with Gasteiger partial charge in [0.1, 0.15) is 5.75 Å². The van der Waals surface area contributed by atoms with Crippen LogP contribution in [0.3, 0.4) is 0 Å². The van der Waals surface area contributed by atoms with E-state index < -0.39 is 5.41 Å². The van der Waals surface area contributed by atoms with E-state index in [1.165, 1.54) is 0 Å². The molecule has 0 aliphatic rings. The smallest absolute Gasteiger partial charge is 0.262 e. The summed E-state index contributed by atoms with van der Waals surface area (Å²) in [6, 6.07) is 12.9. The van der Waals surface area contributed by atoms with Gasteiger partial charge in [0.05, 0.1) is 0 Å². The molecule has 2 N–H and O–H groups in total. The summed E-state index contributed by atoms with van der Waals surface area (Å²) in [5.41, 5.74) is 2.89. The summed E-state index contributed by atoms with van der Waals surface area (Å²) < 4.78 is 5.58. The van der Waals surface area contributed by atoms with Crippen molar-refractivity contribution in [1.29, 1.82) is 0 Å². The van der Waals surface area contributed by atoms with Crippen LogP contribution in [0, 0.1) is 19.3 Å². The Morgan fingerprint density at radius 3 is 2.23 bits per heavy atom. The molecule has 5 nitrogen and oxygen atoms in total. The van der Waals surface area contributed by atoms with Crippen molar-refractivity contribution >= 4 is 23.2 Å². The predicted molar refractivity (Wildman–Crippen MR) is 105 cm³/mol. The molecule has 138 valence electrons. The fraction of sp³-hybridized carbons (Fsp3) is 0.333. The average molecular weight is 354 g/mol. The third kappa shape index (κ3) is 5.62. The van der Waals surface area contributed by atoms with Gasteiger partial charge in [-0.3, -0.25) is 9.59 Å². The molecule has 0 bridgehead atoms. The van der Waals surface area contributed by atoms with Gasteiger partial charge in [0.25, 0.3) is 5.91 Å². The monoisotopic (exact) mass is 354 g/mol. The number of anilines is 2. The Labute approximate surface area is 154 Å². The standard InChI is InChI=1S/C21H26N2O3/c1-14-9-10-18(15(2)11-14)26-13-19(24)22-16-7-6-8-17(12-16)23-20(25)21(3,4)5/h6-12H,13H2,1-5H3,(H,22,24)(H,23,25). The van der Waals surface area contributed by atoms with Crippen molar-refractivity contribution in [2.45, 2.75) is 34.6 Å². The molecule has 2 amide bonds. The summed E-state index contributed by atoms with van der Waals surface area (Å²) in [7, 11) is 0. The highest BCUT2D eigenvalue weighted by molar-refractivity contribution is 5.96. The number of hydrogen-bond donors (Lipinski definition) is 2.